The van der Waals surface area contributed by atoms with Crippen LogP contribution in [0.5, 0.6) is 0 Å². The number of nitrogens with one attached hydrogen (secondary N) is 1. The summed E-state index contributed by atoms with van der Waals surface area (Å²) in [6.45, 7) is 1.85. The van der Waals surface area contributed by atoms with Gasteiger partial charge >= 0.3 is 0 Å². The van der Waals surface area contributed by atoms with E-state index in [1.165, 1.54) is 18.3 Å². The Kier molecular flexibility index (Phi) is 4.26. The normalized spacial score (nSPS) is 10.1. The van der Waals surface area contributed by atoms with Gasteiger partial charge < -0.3 is 16.8 Å². The lowest BCUT2D eigenvalue weighted by Gasteiger charge is -2.03. The van der Waals surface area contributed by atoms with Gasteiger partial charge in [-0.1, -0.05) is 0 Å². The van der Waals surface area contributed by atoms with Gasteiger partial charge in [-0.25, -0.2) is 4.98 Å². The number of pyridine rings is 1. The molecule has 104 valence electrons. The fraction of sp³-hybridized carbons (Fsp3) is 0.167. The second-order valence-electron chi connectivity index (χ2n) is 4.00. The number of rotatable bonds is 4. The molecule has 0 unspecified atom stereocenters. The highest BCUT2D eigenvalue weighted by molar-refractivity contribution is 7.13. The lowest BCUT2D eigenvalue weighted by Crippen LogP contribution is -2.21. The number of nitrogens with two attached hydrogens (primary N) is 2. The number of aliphatic imine (C=N–C) groups is 1. The van der Waals surface area contributed by atoms with Crippen molar-refractivity contribution in [2.24, 2.45) is 16.5 Å². The van der Waals surface area contributed by atoms with E-state index in [0.29, 0.717) is 11.7 Å². The van der Waals surface area contributed by atoms with E-state index >= 15 is 0 Å². The molecule has 0 radical (unpaired) electrons. The molecular weight excluding hydrogens is 276 g/mol. The minimum absolute atomic E-state index is 0.0213. The highest BCUT2D eigenvalue weighted by Gasteiger charge is 2.06. The van der Waals surface area contributed by atoms with Crippen molar-refractivity contribution >= 4 is 28.3 Å². The largest absolute Gasteiger partial charge is 0.370 e. The van der Waals surface area contributed by atoms with Crippen LogP contribution in [0.15, 0.2) is 28.7 Å². The van der Waals surface area contributed by atoms with Gasteiger partial charge in [-0.2, -0.15) is 4.99 Å². The van der Waals surface area contributed by atoms with Gasteiger partial charge in [-0.3, -0.25) is 9.78 Å². The van der Waals surface area contributed by atoms with Crippen LogP contribution in [-0.4, -0.2) is 21.8 Å². The third-order valence-corrected chi connectivity index (χ3v) is 3.08. The van der Waals surface area contributed by atoms with E-state index in [-0.39, 0.29) is 11.9 Å². The molecule has 0 aliphatic heterocycles. The Morgan fingerprint density at radius 3 is 3.00 bits per heavy atom. The van der Waals surface area contributed by atoms with Gasteiger partial charge in [0.15, 0.2) is 5.96 Å². The standard InChI is InChI=1S/C12H14N6OS/c1-7(19)16-5-9-4-8(2-3-15-9)10-6-20-12(17-10)18-11(13)14/h2-4,6H,5H2,1H3,(H,16,19)(H4,13,14,17,18). The van der Waals surface area contributed by atoms with Crippen molar-refractivity contribution in [2.45, 2.75) is 13.5 Å². The van der Waals surface area contributed by atoms with E-state index in [2.05, 4.69) is 20.3 Å². The van der Waals surface area contributed by atoms with E-state index < -0.39 is 0 Å². The van der Waals surface area contributed by atoms with E-state index in [1.807, 2.05) is 17.5 Å². The lowest BCUT2D eigenvalue weighted by molar-refractivity contribution is -0.119. The Hall–Kier alpha value is -2.48. The SMILES string of the molecule is CC(=O)NCc1cc(-c2csc(N=C(N)N)n2)ccn1. The summed E-state index contributed by atoms with van der Waals surface area (Å²) in [6, 6.07) is 3.70. The molecule has 2 rings (SSSR count). The molecule has 5 N–H and O–H groups in total. The van der Waals surface area contributed by atoms with Crippen LogP contribution in [0, 0.1) is 0 Å². The molecule has 7 nitrogen and oxygen atoms in total. The first kappa shape index (κ1) is 13.9. The molecule has 0 saturated carbocycles. The lowest BCUT2D eigenvalue weighted by atomic mass is 10.2. The fourth-order valence-corrected chi connectivity index (χ4v) is 2.22. The Bertz CT molecular complexity index is 647. The molecule has 2 aromatic heterocycles. The molecule has 1 amide bonds. The smallest absolute Gasteiger partial charge is 0.217 e. The van der Waals surface area contributed by atoms with Gasteiger partial charge in [0.25, 0.3) is 0 Å². The number of amides is 1. The molecule has 0 aromatic carbocycles. The van der Waals surface area contributed by atoms with Gasteiger partial charge in [-0.15, -0.1) is 11.3 Å². The van der Waals surface area contributed by atoms with Crippen molar-refractivity contribution in [1.29, 1.82) is 0 Å². The number of nitrogens with zero attached hydrogens (tertiary/aromatic N) is 3. The molecule has 0 aliphatic rings. The molecule has 20 heavy (non-hydrogen) atoms. The summed E-state index contributed by atoms with van der Waals surface area (Å²) in [5, 5.41) is 5.06. The Morgan fingerprint density at radius 1 is 1.50 bits per heavy atom. The van der Waals surface area contributed by atoms with Crippen molar-refractivity contribution in [3.05, 3.63) is 29.4 Å². The number of hydrogen-bond acceptors (Lipinski definition) is 5. The maximum atomic E-state index is 10.9. The highest BCUT2D eigenvalue weighted by Crippen LogP contribution is 2.26. The minimum atomic E-state index is -0.0964. The van der Waals surface area contributed by atoms with Crippen molar-refractivity contribution in [2.75, 3.05) is 0 Å². The third-order valence-electron chi connectivity index (χ3n) is 2.35. The topological polar surface area (TPSA) is 119 Å². The summed E-state index contributed by atoms with van der Waals surface area (Å²) >= 11 is 1.35. The van der Waals surface area contributed by atoms with Crippen LogP contribution in [-0.2, 0) is 11.3 Å². The zero-order chi connectivity index (χ0) is 14.5. The first-order chi connectivity index (χ1) is 9.54. The molecule has 0 aliphatic carbocycles. The van der Waals surface area contributed by atoms with Crippen molar-refractivity contribution < 1.29 is 4.79 Å². The Morgan fingerprint density at radius 2 is 2.30 bits per heavy atom. The molecule has 2 aromatic rings. The van der Waals surface area contributed by atoms with Gasteiger partial charge in [0, 0.05) is 24.1 Å². The molecule has 0 fully saturated rings. The van der Waals surface area contributed by atoms with Crippen LogP contribution in [0.1, 0.15) is 12.6 Å². The number of aromatic nitrogens is 2. The summed E-state index contributed by atoms with van der Waals surface area (Å²) in [5.41, 5.74) is 13.0. The third kappa shape index (κ3) is 3.75. The van der Waals surface area contributed by atoms with Crippen molar-refractivity contribution in [3.63, 3.8) is 0 Å². The summed E-state index contributed by atoms with van der Waals surface area (Å²) < 4.78 is 0. The second-order valence-corrected chi connectivity index (χ2v) is 4.83. The van der Waals surface area contributed by atoms with E-state index in [9.17, 15) is 4.79 Å². The first-order valence-electron chi connectivity index (χ1n) is 5.79. The molecular formula is C12H14N6OS. The highest BCUT2D eigenvalue weighted by atomic mass is 32.1. The van der Waals surface area contributed by atoms with Crippen LogP contribution >= 0.6 is 11.3 Å². The van der Waals surface area contributed by atoms with E-state index in [0.717, 1.165) is 17.0 Å². The average Bonchev–Trinajstić information content (AvgIpc) is 2.84. The molecule has 0 atom stereocenters. The van der Waals surface area contributed by atoms with Crippen LogP contribution < -0.4 is 16.8 Å². The maximum Gasteiger partial charge on any atom is 0.217 e. The minimum Gasteiger partial charge on any atom is -0.370 e. The maximum absolute atomic E-state index is 10.9. The van der Waals surface area contributed by atoms with Crippen LogP contribution in [0.4, 0.5) is 5.13 Å². The van der Waals surface area contributed by atoms with Crippen LogP contribution in [0.3, 0.4) is 0 Å². The first-order valence-corrected chi connectivity index (χ1v) is 6.67. The van der Waals surface area contributed by atoms with Gasteiger partial charge in [-0.05, 0) is 12.1 Å². The summed E-state index contributed by atoms with van der Waals surface area (Å²) in [5.74, 6) is -0.118. The molecule has 0 saturated heterocycles. The van der Waals surface area contributed by atoms with Crippen LogP contribution in [0.2, 0.25) is 0 Å². The predicted molar refractivity (Wildman–Crippen MR) is 78.3 cm³/mol. The van der Waals surface area contributed by atoms with Gasteiger partial charge in [0.2, 0.25) is 11.0 Å². The van der Waals surface area contributed by atoms with E-state index in [1.54, 1.807) is 6.20 Å². The van der Waals surface area contributed by atoms with Crippen molar-refractivity contribution in [1.82, 2.24) is 15.3 Å². The van der Waals surface area contributed by atoms with Gasteiger partial charge in [0.1, 0.15) is 0 Å². The quantitative estimate of drug-likeness (QED) is 0.567. The molecule has 8 heteroatoms. The Balaban J connectivity index is 2.20. The summed E-state index contributed by atoms with van der Waals surface area (Å²) in [6.07, 6.45) is 1.67. The monoisotopic (exact) mass is 290 g/mol. The molecule has 0 bridgehead atoms. The van der Waals surface area contributed by atoms with E-state index in [4.69, 9.17) is 11.5 Å². The molecule has 2 heterocycles. The Labute approximate surface area is 119 Å². The zero-order valence-corrected chi connectivity index (χ0v) is 11.6. The fourth-order valence-electron chi connectivity index (χ4n) is 1.51. The molecule has 0 spiro atoms. The number of carbonyl (C=O) groups is 1. The van der Waals surface area contributed by atoms with Crippen LogP contribution in [0.25, 0.3) is 11.3 Å². The second kappa shape index (κ2) is 6.11. The average molecular weight is 290 g/mol. The summed E-state index contributed by atoms with van der Waals surface area (Å²) in [7, 11) is 0. The van der Waals surface area contributed by atoms with Gasteiger partial charge in [0.05, 0.1) is 17.9 Å². The number of guanidine groups is 1. The number of thiazole rings is 1. The zero-order valence-electron chi connectivity index (χ0n) is 10.8. The number of hydrogen-bond donors (Lipinski definition) is 3. The number of carbonyl (C=O) groups excluding carboxylic acids is 1. The van der Waals surface area contributed by atoms with Crippen molar-refractivity contribution in [3.8, 4) is 11.3 Å². The summed E-state index contributed by atoms with van der Waals surface area (Å²) in [4.78, 5) is 23.3. The predicted octanol–water partition coefficient (Wildman–Crippen LogP) is 0.746.